The Morgan fingerprint density at radius 2 is 2.26 bits per heavy atom. The molecule has 1 aromatic heterocycles. The molecule has 2 N–H and O–H groups in total. The van der Waals surface area contributed by atoms with E-state index in [1.54, 1.807) is 17.5 Å². The van der Waals surface area contributed by atoms with E-state index >= 15 is 0 Å². The maximum atomic E-state index is 12.5. The summed E-state index contributed by atoms with van der Waals surface area (Å²) in [4.78, 5) is 32.8. The number of amides is 3. The van der Waals surface area contributed by atoms with Crippen LogP contribution in [-0.2, 0) is 4.79 Å². The van der Waals surface area contributed by atoms with Crippen LogP contribution in [0.15, 0.2) is 11.6 Å². The molecule has 0 aromatic carbocycles. The van der Waals surface area contributed by atoms with Gasteiger partial charge in [-0.3, -0.25) is 4.79 Å². The molecule has 2 saturated heterocycles. The zero-order valence-electron chi connectivity index (χ0n) is 13.3. The van der Waals surface area contributed by atoms with Crippen molar-refractivity contribution in [2.75, 3.05) is 37.6 Å². The first-order valence-electron chi connectivity index (χ1n) is 8.13. The molecule has 2 aliphatic rings. The second-order valence-corrected chi connectivity index (χ2v) is 7.00. The minimum atomic E-state index is -0.422. The van der Waals surface area contributed by atoms with E-state index in [0.29, 0.717) is 19.6 Å². The van der Waals surface area contributed by atoms with Crippen LogP contribution >= 0.6 is 11.3 Å². The lowest BCUT2D eigenvalue weighted by Gasteiger charge is -2.31. The third kappa shape index (κ3) is 3.74. The Labute approximate surface area is 140 Å². The molecule has 2 aliphatic heterocycles. The summed E-state index contributed by atoms with van der Waals surface area (Å²) in [5.74, 6) is 0.0998. The van der Waals surface area contributed by atoms with Crippen molar-refractivity contribution < 1.29 is 9.59 Å². The molecule has 0 unspecified atom stereocenters. The van der Waals surface area contributed by atoms with Gasteiger partial charge in [0.05, 0.1) is 0 Å². The molecule has 0 radical (unpaired) electrons. The molecule has 8 heteroatoms. The number of piperidine rings is 1. The number of urea groups is 1. The van der Waals surface area contributed by atoms with Crippen LogP contribution in [-0.4, -0.2) is 60.6 Å². The number of carbonyl (C=O) groups excluding carboxylic acids is 2. The van der Waals surface area contributed by atoms with Crippen LogP contribution in [0.25, 0.3) is 0 Å². The maximum Gasteiger partial charge on any atom is 0.318 e. The van der Waals surface area contributed by atoms with E-state index in [1.165, 1.54) is 0 Å². The summed E-state index contributed by atoms with van der Waals surface area (Å²) in [6.07, 6.45) is 3.60. The summed E-state index contributed by atoms with van der Waals surface area (Å²) in [7, 11) is 0. The first-order valence-corrected chi connectivity index (χ1v) is 9.00. The Kier molecular flexibility index (Phi) is 5.00. The summed E-state index contributed by atoms with van der Waals surface area (Å²) in [6.45, 7) is 5.73. The first kappa shape index (κ1) is 16.0. The lowest BCUT2D eigenvalue weighted by Crippen LogP contribution is -2.57. The molecule has 0 bridgehead atoms. The van der Waals surface area contributed by atoms with Crippen LogP contribution in [0, 0.1) is 5.92 Å². The van der Waals surface area contributed by atoms with E-state index in [9.17, 15) is 9.59 Å². The Morgan fingerprint density at radius 1 is 1.39 bits per heavy atom. The molecule has 7 nitrogen and oxygen atoms in total. The highest BCUT2D eigenvalue weighted by Crippen LogP contribution is 2.19. The quantitative estimate of drug-likeness (QED) is 0.840. The largest absolute Gasteiger partial charge is 0.354 e. The van der Waals surface area contributed by atoms with Gasteiger partial charge in [0.15, 0.2) is 5.13 Å². The van der Waals surface area contributed by atoms with Gasteiger partial charge in [-0.15, -0.1) is 11.3 Å². The van der Waals surface area contributed by atoms with E-state index in [-0.39, 0.29) is 17.9 Å². The minimum Gasteiger partial charge on any atom is -0.354 e. The zero-order chi connectivity index (χ0) is 16.2. The van der Waals surface area contributed by atoms with Crippen LogP contribution in [0.4, 0.5) is 9.93 Å². The highest BCUT2D eigenvalue weighted by molar-refractivity contribution is 7.13. The highest BCUT2D eigenvalue weighted by Gasteiger charge is 2.31. The molecule has 126 valence electrons. The van der Waals surface area contributed by atoms with Crippen molar-refractivity contribution in [3.8, 4) is 0 Å². The van der Waals surface area contributed by atoms with E-state index < -0.39 is 6.04 Å². The van der Waals surface area contributed by atoms with Gasteiger partial charge in [0.1, 0.15) is 6.04 Å². The number of anilines is 1. The highest BCUT2D eigenvalue weighted by atomic mass is 32.1. The van der Waals surface area contributed by atoms with Crippen LogP contribution in [0.2, 0.25) is 0 Å². The second-order valence-electron chi connectivity index (χ2n) is 6.13. The summed E-state index contributed by atoms with van der Waals surface area (Å²) in [6, 6.07) is -0.561. The summed E-state index contributed by atoms with van der Waals surface area (Å²) < 4.78 is 0. The fourth-order valence-electron chi connectivity index (χ4n) is 3.07. The Balaban J connectivity index is 1.56. The average molecular weight is 337 g/mol. The predicted octanol–water partition coefficient (Wildman–Crippen LogP) is 0.889. The van der Waals surface area contributed by atoms with Crippen molar-refractivity contribution in [3.63, 3.8) is 0 Å². The predicted molar refractivity (Wildman–Crippen MR) is 89.6 cm³/mol. The summed E-state index contributed by atoms with van der Waals surface area (Å²) >= 11 is 1.62. The molecule has 0 aliphatic carbocycles. The third-order valence-corrected chi connectivity index (χ3v) is 5.33. The molecule has 3 amide bonds. The van der Waals surface area contributed by atoms with E-state index in [1.807, 2.05) is 17.2 Å². The van der Waals surface area contributed by atoms with Crippen molar-refractivity contribution in [1.82, 2.24) is 20.5 Å². The van der Waals surface area contributed by atoms with E-state index in [0.717, 1.165) is 31.1 Å². The number of nitrogens with one attached hydrogen (secondary N) is 2. The molecule has 1 aromatic rings. The lowest BCUT2D eigenvalue weighted by molar-refractivity contribution is -0.125. The zero-order valence-corrected chi connectivity index (χ0v) is 14.1. The van der Waals surface area contributed by atoms with Gasteiger partial charge in [0, 0.05) is 44.3 Å². The number of rotatable bonds is 2. The monoisotopic (exact) mass is 337 g/mol. The summed E-state index contributed by atoms with van der Waals surface area (Å²) in [5, 5.41) is 8.70. The normalized spacial score (nSPS) is 25.7. The van der Waals surface area contributed by atoms with Crippen molar-refractivity contribution in [1.29, 1.82) is 0 Å². The number of hydrogen-bond donors (Lipinski definition) is 2. The SMILES string of the molecule is C[C@@H]1CCNC(=O)[C@@H]1NC(=O)N1CCCN(c2nccs2)CC1. The topological polar surface area (TPSA) is 77.6 Å². The molecule has 3 heterocycles. The van der Waals surface area contributed by atoms with Crippen LogP contribution in [0.3, 0.4) is 0 Å². The Bertz CT molecular complexity index is 550. The van der Waals surface area contributed by atoms with Gasteiger partial charge in [0.25, 0.3) is 0 Å². The molecule has 23 heavy (non-hydrogen) atoms. The molecular weight excluding hydrogens is 314 g/mol. The third-order valence-electron chi connectivity index (χ3n) is 4.50. The van der Waals surface area contributed by atoms with Crippen molar-refractivity contribution >= 4 is 28.4 Å². The van der Waals surface area contributed by atoms with Crippen LogP contribution in [0.1, 0.15) is 19.8 Å². The number of thiazole rings is 1. The van der Waals surface area contributed by atoms with Gasteiger partial charge in [-0.25, -0.2) is 9.78 Å². The fraction of sp³-hybridized carbons (Fsp3) is 0.667. The lowest BCUT2D eigenvalue weighted by atomic mass is 9.94. The first-order chi connectivity index (χ1) is 11.1. The number of hydrogen-bond acceptors (Lipinski definition) is 5. The summed E-state index contributed by atoms with van der Waals surface area (Å²) in [5.41, 5.74) is 0. The van der Waals surface area contributed by atoms with Crippen molar-refractivity contribution in [2.45, 2.75) is 25.8 Å². The second kappa shape index (κ2) is 7.16. The smallest absolute Gasteiger partial charge is 0.318 e. The number of nitrogens with zero attached hydrogens (tertiary/aromatic N) is 3. The van der Waals surface area contributed by atoms with Gasteiger partial charge in [-0.1, -0.05) is 6.92 Å². The molecule has 0 saturated carbocycles. The number of carbonyl (C=O) groups is 2. The fourth-order valence-corrected chi connectivity index (χ4v) is 3.77. The Morgan fingerprint density at radius 3 is 3.00 bits per heavy atom. The number of aromatic nitrogens is 1. The van der Waals surface area contributed by atoms with Crippen molar-refractivity contribution in [3.05, 3.63) is 11.6 Å². The van der Waals surface area contributed by atoms with Gasteiger partial charge >= 0.3 is 6.03 Å². The van der Waals surface area contributed by atoms with Crippen LogP contribution in [0.5, 0.6) is 0 Å². The molecule has 3 rings (SSSR count). The van der Waals surface area contributed by atoms with Gasteiger partial charge < -0.3 is 20.4 Å². The van der Waals surface area contributed by atoms with Crippen LogP contribution < -0.4 is 15.5 Å². The molecule has 2 fully saturated rings. The maximum absolute atomic E-state index is 12.5. The molecular formula is C15H23N5O2S. The minimum absolute atomic E-state index is 0.0728. The van der Waals surface area contributed by atoms with Gasteiger partial charge in [0.2, 0.25) is 5.91 Å². The standard InChI is InChI=1S/C15H23N5O2S/c1-11-3-4-16-13(21)12(11)18-14(22)19-6-2-7-20(9-8-19)15-17-5-10-23-15/h5,10-12H,2-4,6-9H2,1H3,(H,16,21)(H,18,22)/t11-,12-/m1/s1. The Hall–Kier alpha value is -1.83. The van der Waals surface area contributed by atoms with Crippen molar-refractivity contribution in [2.24, 2.45) is 5.92 Å². The average Bonchev–Trinajstić information content (AvgIpc) is 2.95. The van der Waals surface area contributed by atoms with E-state index in [4.69, 9.17) is 0 Å². The van der Waals surface area contributed by atoms with E-state index in [2.05, 4.69) is 20.5 Å². The molecule has 0 spiro atoms. The molecule has 2 atom stereocenters. The van der Waals surface area contributed by atoms with Gasteiger partial charge in [-0.05, 0) is 18.8 Å². The van der Waals surface area contributed by atoms with Gasteiger partial charge in [-0.2, -0.15) is 0 Å².